The van der Waals surface area contributed by atoms with E-state index in [4.69, 9.17) is 19.4 Å². The van der Waals surface area contributed by atoms with Crippen molar-refractivity contribution in [1.82, 2.24) is 15.0 Å². The molecule has 3 aromatic heterocycles. The summed E-state index contributed by atoms with van der Waals surface area (Å²) in [4.78, 5) is 15.2. The summed E-state index contributed by atoms with van der Waals surface area (Å²) < 4.78 is 8.95. The van der Waals surface area contributed by atoms with Crippen LogP contribution in [0.4, 0.5) is 0 Å². The van der Waals surface area contributed by atoms with Crippen LogP contribution in [0.2, 0.25) is 0 Å². The van der Waals surface area contributed by atoms with Gasteiger partial charge in [0.25, 0.3) is 0 Å². The molecule has 0 atom stereocenters. The van der Waals surface area contributed by atoms with Gasteiger partial charge in [-0.15, -0.1) is 11.3 Å². The summed E-state index contributed by atoms with van der Waals surface area (Å²) in [6.45, 7) is 0. The van der Waals surface area contributed by atoms with Crippen LogP contribution in [0.3, 0.4) is 0 Å². The SMILES string of the molecule is c1ccc(-c2cccc(-c3nc(-c4ccccc4)nc(-c4ccc5c(c4)sc4cc(-c6cc(-c7ccccc7)cc7c6oc6ccccc67)ccc45)n3)c2)cc1. The molecule has 0 bridgehead atoms. The fourth-order valence-corrected chi connectivity index (χ4v) is 8.93. The van der Waals surface area contributed by atoms with Crippen molar-refractivity contribution >= 4 is 53.4 Å². The smallest absolute Gasteiger partial charge is 0.164 e. The third kappa shape index (κ3) is 5.65. The number of benzene rings is 8. The Labute approximate surface area is 327 Å². The molecule has 262 valence electrons. The third-order valence-electron chi connectivity index (χ3n) is 10.5. The third-order valence-corrected chi connectivity index (χ3v) is 11.6. The highest BCUT2D eigenvalue weighted by Crippen LogP contribution is 2.43. The lowest BCUT2D eigenvalue weighted by Crippen LogP contribution is -2.00. The van der Waals surface area contributed by atoms with Crippen LogP contribution in [0.1, 0.15) is 0 Å². The molecule has 0 spiro atoms. The first-order valence-electron chi connectivity index (χ1n) is 18.7. The number of rotatable bonds is 6. The standard InChI is InChI=1S/C51H31N3OS/c1-4-13-32(14-5-1)35-19-12-20-37(27-35)50-52-49(34-17-8-3-9-18-34)53-51(54-50)38-24-26-42-41-25-23-36(30-46(41)56-47(42)31-38)43-28-39(33-15-6-2-7-16-33)29-44-40-21-10-11-22-45(40)55-48(43)44/h1-31H. The van der Waals surface area contributed by atoms with Gasteiger partial charge in [0.05, 0.1) is 0 Å². The molecule has 0 saturated carbocycles. The number of aromatic nitrogens is 3. The van der Waals surface area contributed by atoms with Gasteiger partial charge in [-0.3, -0.25) is 0 Å². The average molecular weight is 734 g/mol. The van der Waals surface area contributed by atoms with Crippen molar-refractivity contribution in [2.24, 2.45) is 0 Å². The normalized spacial score (nSPS) is 11.6. The van der Waals surface area contributed by atoms with E-state index < -0.39 is 0 Å². The van der Waals surface area contributed by atoms with Gasteiger partial charge in [0.2, 0.25) is 0 Å². The lowest BCUT2D eigenvalue weighted by atomic mass is 9.95. The predicted octanol–water partition coefficient (Wildman–Crippen LogP) is 14.1. The van der Waals surface area contributed by atoms with Crippen LogP contribution in [-0.2, 0) is 0 Å². The highest BCUT2D eigenvalue weighted by Gasteiger charge is 2.18. The van der Waals surface area contributed by atoms with E-state index >= 15 is 0 Å². The summed E-state index contributed by atoms with van der Waals surface area (Å²) in [5, 5.41) is 4.67. The molecule has 3 heterocycles. The second-order valence-electron chi connectivity index (χ2n) is 14.0. The molecular weight excluding hydrogens is 703 g/mol. The maximum absolute atomic E-state index is 6.56. The van der Waals surface area contributed by atoms with Crippen molar-refractivity contribution in [2.75, 3.05) is 0 Å². The van der Waals surface area contributed by atoms with Crippen molar-refractivity contribution < 1.29 is 4.42 Å². The highest BCUT2D eigenvalue weighted by atomic mass is 32.1. The highest BCUT2D eigenvalue weighted by molar-refractivity contribution is 7.25. The summed E-state index contributed by atoms with van der Waals surface area (Å²) in [6.07, 6.45) is 0. The Morgan fingerprint density at radius 2 is 0.839 bits per heavy atom. The van der Waals surface area contributed by atoms with Gasteiger partial charge in [-0.05, 0) is 64.2 Å². The molecule has 0 amide bonds. The molecule has 0 saturated heterocycles. The second-order valence-corrected chi connectivity index (χ2v) is 15.1. The summed E-state index contributed by atoms with van der Waals surface area (Å²) in [5.74, 6) is 1.93. The quantitative estimate of drug-likeness (QED) is 0.171. The number of para-hydroxylation sites is 1. The van der Waals surface area contributed by atoms with Gasteiger partial charge in [-0.25, -0.2) is 15.0 Å². The number of furan rings is 1. The molecule has 0 N–H and O–H groups in total. The average Bonchev–Trinajstić information content (AvgIpc) is 3.84. The molecule has 0 aliphatic carbocycles. The monoisotopic (exact) mass is 733 g/mol. The van der Waals surface area contributed by atoms with E-state index in [9.17, 15) is 0 Å². The first kappa shape index (κ1) is 32.2. The molecule has 11 aromatic rings. The number of fused-ring (bicyclic) bond motifs is 6. The van der Waals surface area contributed by atoms with Crippen molar-refractivity contribution in [3.63, 3.8) is 0 Å². The summed E-state index contributed by atoms with van der Waals surface area (Å²) in [5.41, 5.74) is 11.5. The molecule has 0 unspecified atom stereocenters. The number of hydrogen-bond acceptors (Lipinski definition) is 5. The zero-order valence-electron chi connectivity index (χ0n) is 30.1. The lowest BCUT2D eigenvalue weighted by Gasteiger charge is -2.10. The van der Waals surface area contributed by atoms with E-state index in [0.29, 0.717) is 17.5 Å². The van der Waals surface area contributed by atoms with Crippen molar-refractivity contribution in [3.8, 4) is 67.5 Å². The van der Waals surface area contributed by atoms with Gasteiger partial charge >= 0.3 is 0 Å². The zero-order chi connectivity index (χ0) is 37.0. The van der Waals surface area contributed by atoms with Gasteiger partial charge in [-0.2, -0.15) is 0 Å². The number of thiophene rings is 1. The molecular formula is C51H31N3OS. The molecule has 11 rings (SSSR count). The molecule has 0 aliphatic rings. The van der Waals surface area contributed by atoms with Gasteiger partial charge in [0, 0.05) is 53.2 Å². The van der Waals surface area contributed by atoms with Crippen LogP contribution in [0.25, 0.3) is 110 Å². The minimum absolute atomic E-state index is 0.641. The van der Waals surface area contributed by atoms with Crippen molar-refractivity contribution in [1.29, 1.82) is 0 Å². The molecule has 5 heteroatoms. The molecule has 56 heavy (non-hydrogen) atoms. The second kappa shape index (κ2) is 13.3. The summed E-state index contributed by atoms with van der Waals surface area (Å²) >= 11 is 1.79. The van der Waals surface area contributed by atoms with E-state index in [2.05, 4.69) is 140 Å². The lowest BCUT2D eigenvalue weighted by molar-refractivity contribution is 0.670. The number of hydrogen-bond donors (Lipinski definition) is 0. The van der Waals surface area contributed by atoms with Crippen LogP contribution in [0.15, 0.2) is 192 Å². The summed E-state index contributed by atoms with van der Waals surface area (Å²) in [6, 6.07) is 65.7. The number of nitrogens with zero attached hydrogens (tertiary/aromatic N) is 3. The molecule has 0 radical (unpaired) electrons. The Bertz CT molecular complexity index is 3240. The Morgan fingerprint density at radius 3 is 1.54 bits per heavy atom. The predicted molar refractivity (Wildman–Crippen MR) is 233 cm³/mol. The van der Waals surface area contributed by atoms with Crippen LogP contribution in [0, 0.1) is 0 Å². The van der Waals surface area contributed by atoms with Gasteiger partial charge in [0.15, 0.2) is 17.5 Å². The first-order valence-corrected chi connectivity index (χ1v) is 19.5. The van der Waals surface area contributed by atoms with E-state index in [1.54, 1.807) is 11.3 Å². The molecule has 8 aromatic carbocycles. The van der Waals surface area contributed by atoms with Crippen molar-refractivity contribution in [3.05, 3.63) is 188 Å². The van der Waals surface area contributed by atoms with E-state index in [1.807, 2.05) is 48.5 Å². The molecule has 0 aliphatic heterocycles. The Balaban J connectivity index is 1.04. The van der Waals surface area contributed by atoms with E-state index in [0.717, 1.165) is 60.9 Å². The summed E-state index contributed by atoms with van der Waals surface area (Å²) in [7, 11) is 0. The largest absolute Gasteiger partial charge is 0.455 e. The first-order chi connectivity index (χ1) is 27.7. The molecule has 4 nitrogen and oxygen atoms in total. The maximum Gasteiger partial charge on any atom is 0.164 e. The van der Waals surface area contributed by atoms with Crippen LogP contribution < -0.4 is 0 Å². The molecule has 0 fully saturated rings. The van der Waals surface area contributed by atoms with E-state index in [1.165, 1.54) is 31.3 Å². The Hall–Kier alpha value is -7.21. The van der Waals surface area contributed by atoms with Gasteiger partial charge in [-0.1, -0.05) is 152 Å². The maximum atomic E-state index is 6.56. The van der Waals surface area contributed by atoms with Crippen LogP contribution in [0.5, 0.6) is 0 Å². The zero-order valence-corrected chi connectivity index (χ0v) is 30.9. The Kier molecular flexibility index (Phi) is 7.64. The van der Waals surface area contributed by atoms with E-state index in [-0.39, 0.29) is 0 Å². The Morgan fingerprint density at radius 1 is 0.321 bits per heavy atom. The van der Waals surface area contributed by atoms with Gasteiger partial charge < -0.3 is 4.42 Å². The van der Waals surface area contributed by atoms with Crippen molar-refractivity contribution in [2.45, 2.75) is 0 Å². The fourth-order valence-electron chi connectivity index (χ4n) is 7.74. The van der Waals surface area contributed by atoms with Crippen LogP contribution in [-0.4, -0.2) is 15.0 Å². The van der Waals surface area contributed by atoms with Crippen LogP contribution >= 0.6 is 11.3 Å². The van der Waals surface area contributed by atoms with Gasteiger partial charge in [0.1, 0.15) is 11.2 Å². The fraction of sp³-hybridized carbons (Fsp3) is 0. The topological polar surface area (TPSA) is 51.8 Å². The minimum atomic E-state index is 0.641. The minimum Gasteiger partial charge on any atom is -0.455 e.